The normalized spacial score (nSPS) is 17.9. The van der Waals surface area contributed by atoms with Crippen molar-refractivity contribution >= 4 is 23.7 Å². The number of nitrogens with zero attached hydrogens (tertiary/aromatic N) is 2. The first-order valence-corrected chi connectivity index (χ1v) is 10.1. The van der Waals surface area contributed by atoms with Crippen molar-refractivity contribution in [1.82, 2.24) is 10.6 Å². The van der Waals surface area contributed by atoms with E-state index in [1.807, 2.05) is 13.0 Å². The molecule has 11 heteroatoms. The molecule has 0 spiro atoms. The molecule has 3 N–H and O–H groups in total. The minimum absolute atomic E-state index is 0.209. The van der Waals surface area contributed by atoms with Crippen LogP contribution in [0.1, 0.15) is 37.3 Å². The summed E-state index contributed by atoms with van der Waals surface area (Å²) in [5.41, 5.74) is 1.27. The van der Waals surface area contributed by atoms with Crippen molar-refractivity contribution < 1.29 is 33.8 Å². The highest BCUT2D eigenvalue weighted by atomic mass is 16.7. The third-order valence-electron chi connectivity index (χ3n) is 4.63. The van der Waals surface area contributed by atoms with E-state index in [9.17, 15) is 19.5 Å². The van der Waals surface area contributed by atoms with Crippen LogP contribution in [0.3, 0.4) is 0 Å². The molecule has 11 nitrogen and oxygen atoms in total. The highest BCUT2D eigenvalue weighted by Gasteiger charge is 2.35. The second-order valence-electron chi connectivity index (χ2n) is 6.97. The minimum atomic E-state index is -1.16. The maximum absolute atomic E-state index is 12.3. The van der Waals surface area contributed by atoms with Crippen LogP contribution < -0.4 is 10.6 Å². The number of benzene rings is 1. The Morgan fingerprint density at radius 3 is 2.66 bits per heavy atom. The summed E-state index contributed by atoms with van der Waals surface area (Å²) in [4.78, 5) is 41.2. The van der Waals surface area contributed by atoms with E-state index in [0.29, 0.717) is 17.5 Å². The highest BCUT2D eigenvalue weighted by Crippen LogP contribution is 2.20. The van der Waals surface area contributed by atoms with Gasteiger partial charge in [0, 0.05) is 12.1 Å². The molecule has 1 aromatic carbocycles. The standard InChI is InChI=1S/C21H26N4O7/c1-3-4-9-31-21(29)24-15(20(28)30-2)12-23-17(26)10-16-19(27)18(25-32-16)14-7-5-13(11-22)6-8-14/h5-8,15-16,19,27H,3-4,9-10,12H2,1-2H3,(H,23,26)(H,24,29)/t15-,16-,19+/m0/s1. The van der Waals surface area contributed by atoms with E-state index < -0.39 is 36.2 Å². The number of unbranched alkanes of at least 4 members (excludes halogenated alkanes) is 1. The number of nitrogens with one attached hydrogen (secondary N) is 2. The number of aliphatic hydroxyl groups excluding tert-OH is 1. The second-order valence-corrected chi connectivity index (χ2v) is 6.97. The van der Waals surface area contributed by atoms with Crippen LogP contribution in [0.2, 0.25) is 0 Å². The first-order chi connectivity index (χ1) is 15.4. The number of rotatable bonds is 10. The van der Waals surface area contributed by atoms with Crippen molar-refractivity contribution in [3.05, 3.63) is 35.4 Å². The van der Waals surface area contributed by atoms with Crippen molar-refractivity contribution in [2.75, 3.05) is 20.3 Å². The SMILES string of the molecule is CCCCOC(=O)N[C@@H](CNC(=O)C[C@@H]1ON=C(c2ccc(C#N)cc2)[C@@H]1O)C(=O)OC. The first-order valence-electron chi connectivity index (χ1n) is 10.1. The lowest BCUT2D eigenvalue weighted by atomic mass is 9.99. The summed E-state index contributed by atoms with van der Waals surface area (Å²) in [6.07, 6.45) is -1.59. The van der Waals surface area contributed by atoms with Crippen molar-refractivity contribution in [2.45, 2.75) is 44.4 Å². The third-order valence-corrected chi connectivity index (χ3v) is 4.63. The molecule has 0 radical (unpaired) electrons. The topological polar surface area (TPSA) is 159 Å². The smallest absolute Gasteiger partial charge is 0.407 e. The number of alkyl carbamates (subject to hydrolysis) is 1. The molecule has 0 fully saturated rings. The van der Waals surface area contributed by atoms with E-state index >= 15 is 0 Å². The number of methoxy groups -OCH3 is 1. The largest absolute Gasteiger partial charge is 0.467 e. The summed E-state index contributed by atoms with van der Waals surface area (Å²) in [5.74, 6) is -1.28. The molecular weight excluding hydrogens is 420 g/mol. The molecule has 2 amide bonds. The van der Waals surface area contributed by atoms with Crippen LogP contribution in [0.4, 0.5) is 4.79 Å². The summed E-state index contributed by atoms with van der Waals surface area (Å²) in [6, 6.07) is 7.27. The van der Waals surface area contributed by atoms with Gasteiger partial charge in [-0.1, -0.05) is 30.6 Å². The Morgan fingerprint density at radius 2 is 2.03 bits per heavy atom. The number of nitriles is 1. The number of carbonyl (C=O) groups is 3. The molecular formula is C21H26N4O7. The van der Waals surface area contributed by atoms with Gasteiger partial charge in [0.15, 0.2) is 6.10 Å². The Morgan fingerprint density at radius 1 is 1.31 bits per heavy atom. The van der Waals surface area contributed by atoms with E-state index in [-0.39, 0.29) is 25.3 Å². The van der Waals surface area contributed by atoms with Crippen LogP contribution in [0.5, 0.6) is 0 Å². The molecule has 0 saturated heterocycles. The summed E-state index contributed by atoms with van der Waals surface area (Å²) in [7, 11) is 1.16. The highest BCUT2D eigenvalue weighted by molar-refractivity contribution is 6.04. The molecule has 0 aromatic heterocycles. The van der Waals surface area contributed by atoms with Gasteiger partial charge in [0.25, 0.3) is 0 Å². The van der Waals surface area contributed by atoms with Crippen molar-refractivity contribution in [3.8, 4) is 6.07 Å². The molecule has 1 heterocycles. The quantitative estimate of drug-likeness (QED) is 0.348. The maximum atomic E-state index is 12.3. The molecule has 0 saturated carbocycles. The summed E-state index contributed by atoms with van der Waals surface area (Å²) in [5, 5.41) is 28.0. The van der Waals surface area contributed by atoms with Crippen LogP contribution in [-0.2, 0) is 23.9 Å². The van der Waals surface area contributed by atoms with Gasteiger partial charge in [-0.05, 0) is 18.6 Å². The zero-order chi connectivity index (χ0) is 23.5. The van der Waals surface area contributed by atoms with Gasteiger partial charge < -0.3 is 30.1 Å². The number of aliphatic hydroxyl groups is 1. The number of amides is 2. The predicted molar refractivity (Wildman–Crippen MR) is 111 cm³/mol. The number of ether oxygens (including phenoxy) is 2. The Bertz CT molecular complexity index is 879. The van der Waals surface area contributed by atoms with Crippen LogP contribution >= 0.6 is 0 Å². The average molecular weight is 446 g/mol. The predicted octanol–water partition coefficient (Wildman–Crippen LogP) is 0.596. The number of esters is 1. The van der Waals surface area contributed by atoms with Crippen LogP contribution in [0, 0.1) is 11.3 Å². The van der Waals surface area contributed by atoms with E-state index in [4.69, 9.17) is 14.8 Å². The van der Waals surface area contributed by atoms with Crippen LogP contribution in [0.15, 0.2) is 29.4 Å². The Balaban J connectivity index is 1.85. The van der Waals surface area contributed by atoms with Gasteiger partial charge in [-0.2, -0.15) is 5.26 Å². The molecule has 0 aliphatic carbocycles. The van der Waals surface area contributed by atoms with Crippen molar-refractivity contribution in [1.29, 1.82) is 5.26 Å². The van der Waals surface area contributed by atoms with Crippen molar-refractivity contribution in [3.63, 3.8) is 0 Å². The fourth-order valence-electron chi connectivity index (χ4n) is 2.80. The van der Waals surface area contributed by atoms with Gasteiger partial charge in [-0.15, -0.1) is 0 Å². The number of hydrogen-bond acceptors (Lipinski definition) is 9. The Kier molecular flexibility index (Phi) is 9.43. The minimum Gasteiger partial charge on any atom is -0.467 e. The number of hydrogen-bond donors (Lipinski definition) is 3. The van der Waals surface area contributed by atoms with Crippen molar-refractivity contribution in [2.24, 2.45) is 5.16 Å². The van der Waals surface area contributed by atoms with E-state index in [1.165, 1.54) is 0 Å². The van der Waals surface area contributed by atoms with Gasteiger partial charge in [0.1, 0.15) is 17.9 Å². The summed E-state index contributed by atoms with van der Waals surface area (Å²) >= 11 is 0. The first kappa shape index (κ1) is 24.6. The molecule has 0 bridgehead atoms. The molecule has 1 aliphatic rings. The zero-order valence-corrected chi connectivity index (χ0v) is 17.9. The van der Waals surface area contributed by atoms with Gasteiger partial charge in [-0.25, -0.2) is 9.59 Å². The molecule has 0 unspecified atom stereocenters. The molecule has 172 valence electrons. The van der Waals surface area contributed by atoms with Crippen LogP contribution in [-0.4, -0.2) is 67.3 Å². The van der Waals surface area contributed by atoms with E-state index in [1.54, 1.807) is 24.3 Å². The molecule has 3 atom stereocenters. The maximum Gasteiger partial charge on any atom is 0.407 e. The van der Waals surface area contributed by atoms with Gasteiger partial charge in [0.05, 0.1) is 31.8 Å². The average Bonchev–Trinajstić information content (AvgIpc) is 3.16. The second kappa shape index (κ2) is 12.3. The molecule has 1 aromatic rings. The lowest BCUT2D eigenvalue weighted by Gasteiger charge is -2.18. The van der Waals surface area contributed by atoms with E-state index in [0.717, 1.165) is 13.5 Å². The van der Waals surface area contributed by atoms with E-state index in [2.05, 4.69) is 20.5 Å². The van der Waals surface area contributed by atoms with Gasteiger partial charge in [-0.3, -0.25) is 4.79 Å². The lowest BCUT2D eigenvalue weighted by molar-refractivity contribution is -0.143. The third kappa shape index (κ3) is 6.95. The Labute approximate surface area is 185 Å². The fraction of sp³-hybridized carbons (Fsp3) is 0.476. The van der Waals surface area contributed by atoms with Gasteiger partial charge >= 0.3 is 12.1 Å². The molecule has 1 aliphatic heterocycles. The zero-order valence-electron chi connectivity index (χ0n) is 17.9. The Hall–Kier alpha value is -3.65. The summed E-state index contributed by atoms with van der Waals surface area (Å²) in [6.45, 7) is 1.92. The number of oxime groups is 1. The van der Waals surface area contributed by atoms with Crippen LogP contribution in [0.25, 0.3) is 0 Å². The molecule has 32 heavy (non-hydrogen) atoms. The fourth-order valence-corrected chi connectivity index (χ4v) is 2.80. The van der Waals surface area contributed by atoms with Gasteiger partial charge in [0.2, 0.25) is 5.91 Å². The summed E-state index contributed by atoms with van der Waals surface area (Å²) < 4.78 is 9.59. The number of carbonyl (C=O) groups excluding carboxylic acids is 3. The lowest BCUT2D eigenvalue weighted by Crippen LogP contribution is -2.49. The monoisotopic (exact) mass is 446 g/mol. The molecule has 2 rings (SSSR count).